The van der Waals surface area contributed by atoms with Crippen molar-refractivity contribution in [1.29, 1.82) is 0 Å². The lowest BCUT2D eigenvalue weighted by atomic mass is 10.4. The Bertz CT molecular complexity index is 511. The van der Waals surface area contributed by atoms with Gasteiger partial charge in [0.1, 0.15) is 5.76 Å². The summed E-state index contributed by atoms with van der Waals surface area (Å²) in [5.41, 5.74) is 0. The van der Waals surface area contributed by atoms with Crippen molar-refractivity contribution in [3.8, 4) is 0 Å². The summed E-state index contributed by atoms with van der Waals surface area (Å²) in [4.78, 5) is 34.9. The number of carbonyl (C=O) groups is 3. The molecule has 0 bridgehead atoms. The maximum Gasteiger partial charge on any atom is 0.371 e. The summed E-state index contributed by atoms with van der Waals surface area (Å²) in [6.45, 7) is 2.31. The molecule has 8 nitrogen and oxygen atoms in total. The van der Waals surface area contributed by atoms with Crippen LogP contribution in [0.1, 0.15) is 29.7 Å². The number of amides is 2. The molecule has 0 aliphatic carbocycles. The minimum Gasteiger partial charge on any atom is -0.475 e. The molecule has 0 radical (unpaired) electrons. The first kappa shape index (κ1) is 16.5. The largest absolute Gasteiger partial charge is 0.475 e. The Labute approximate surface area is 121 Å². The molecule has 2 amide bonds. The number of nitrogens with one attached hydrogen (secondary N) is 1. The van der Waals surface area contributed by atoms with Crippen LogP contribution in [0.2, 0.25) is 0 Å². The van der Waals surface area contributed by atoms with Crippen LogP contribution in [-0.2, 0) is 16.1 Å². The smallest absolute Gasteiger partial charge is 0.371 e. The van der Waals surface area contributed by atoms with Crippen LogP contribution >= 0.6 is 0 Å². The molecule has 8 heteroatoms. The van der Waals surface area contributed by atoms with Crippen LogP contribution < -0.4 is 5.32 Å². The van der Waals surface area contributed by atoms with Crippen molar-refractivity contribution in [2.45, 2.75) is 19.9 Å². The molecule has 1 rings (SSSR count). The lowest BCUT2D eigenvalue weighted by Crippen LogP contribution is -2.38. The molecule has 1 aromatic heterocycles. The highest BCUT2D eigenvalue weighted by Crippen LogP contribution is 2.07. The summed E-state index contributed by atoms with van der Waals surface area (Å²) in [6.07, 6.45) is 0.113. The van der Waals surface area contributed by atoms with Crippen molar-refractivity contribution in [2.75, 3.05) is 20.2 Å². The predicted molar refractivity (Wildman–Crippen MR) is 71.8 cm³/mol. The second-order valence-corrected chi connectivity index (χ2v) is 4.21. The van der Waals surface area contributed by atoms with E-state index in [9.17, 15) is 14.4 Å². The van der Waals surface area contributed by atoms with Crippen LogP contribution in [0.3, 0.4) is 0 Å². The summed E-state index contributed by atoms with van der Waals surface area (Å²) < 4.78 is 9.76. The molecule has 1 heterocycles. The third-order valence-electron chi connectivity index (χ3n) is 2.59. The summed E-state index contributed by atoms with van der Waals surface area (Å²) in [7, 11) is 1.54. The van der Waals surface area contributed by atoms with Gasteiger partial charge in [0.05, 0.1) is 19.6 Å². The van der Waals surface area contributed by atoms with E-state index >= 15 is 0 Å². The number of esters is 1. The van der Waals surface area contributed by atoms with Crippen molar-refractivity contribution < 1.29 is 28.6 Å². The van der Waals surface area contributed by atoms with E-state index in [2.05, 4.69) is 5.32 Å². The van der Waals surface area contributed by atoms with E-state index < -0.39 is 12.0 Å². The van der Waals surface area contributed by atoms with Gasteiger partial charge in [-0.2, -0.15) is 0 Å². The first-order chi connectivity index (χ1) is 9.93. The first-order valence-electron chi connectivity index (χ1n) is 6.40. The average molecular weight is 298 g/mol. The number of rotatable bonds is 7. The van der Waals surface area contributed by atoms with E-state index in [1.54, 1.807) is 14.0 Å². The molecule has 21 heavy (non-hydrogen) atoms. The molecule has 116 valence electrons. The van der Waals surface area contributed by atoms with Gasteiger partial charge in [-0.15, -0.1) is 0 Å². The highest BCUT2D eigenvalue weighted by Gasteiger charge is 2.13. The molecule has 0 aliphatic heterocycles. The molecular weight excluding hydrogens is 280 g/mol. The van der Waals surface area contributed by atoms with Crippen molar-refractivity contribution in [3.05, 3.63) is 23.7 Å². The van der Waals surface area contributed by atoms with Crippen LogP contribution in [0.25, 0.3) is 0 Å². The van der Waals surface area contributed by atoms with Crippen molar-refractivity contribution in [1.82, 2.24) is 10.2 Å². The van der Waals surface area contributed by atoms with E-state index in [1.165, 1.54) is 17.0 Å². The lowest BCUT2D eigenvalue weighted by molar-refractivity contribution is -0.143. The number of furan rings is 1. The minimum absolute atomic E-state index is 0.0653. The van der Waals surface area contributed by atoms with E-state index in [4.69, 9.17) is 14.3 Å². The van der Waals surface area contributed by atoms with Crippen LogP contribution in [0.4, 0.5) is 4.79 Å². The molecule has 1 aromatic rings. The van der Waals surface area contributed by atoms with Crippen molar-refractivity contribution in [2.24, 2.45) is 0 Å². The number of nitrogens with zero attached hydrogens (tertiary/aromatic N) is 1. The Morgan fingerprint density at radius 3 is 2.67 bits per heavy atom. The number of urea groups is 1. The van der Waals surface area contributed by atoms with Crippen LogP contribution in [0, 0.1) is 0 Å². The Balaban J connectivity index is 2.35. The van der Waals surface area contributed by atoms with E-state index in [1.807, 2.05) is 0 Å². The van der Waals surface area contributed by atoms with Crippen LogP contribution in [0.15, 0.2) is 16.5 Å². The van der Waals surface area contributed by atoms with Crippen LogP contribution in [-0.4, -0.2) is 48.2 Å². The topological polar surface area (TPSA) is 109 Å². The fraction of sp³-hybridized carbons (Fsp3) is 0.462. The summed E-state index contributed by atoms with van der Waals surface area (Å²) in [6, 6.07) is 2.39. The quantitative estimate of drug-likeness (QED) is 0.729. The van der Waals surface area contributed by atoms with Gasteiger partial charge >= 0.3 is 18.0 Å². The predicted octanol–water partition coefficient (Wildman–Crippen LogP) is 1.07. The number of carbonyl (C=O) groups excluding carboxylic acids is 2. The van der Waals surface area contributed by atoms with Gasteiger partial charge in [-0.3, -0.25) is 4.79 Å². The number of aromatic carboxylic acids is 1. The minimum atomic E-state index is -1.17. The van der Waals surface area contributed by atoms with E-state index in [0.717, 1.165) is 0 Å². The summed E-state index contributed by atoms with van der Waals surface area (Å²) >= 11 is 0. The van der Waals surface area contributed by atoms with E-state index in [0.29, 0.717) is 12.4 Å². The number of ether oxygens (including phenoxy) is 1. The molecule has 2 N–H and O–H groups in total. The molecule has 0 atom stereocenters. The highest BCUT2D eigenvalue weighted by atomic mass is 16.5. The standard InChI is InChI=1S/C13H18N2O6/c1-3-20-11(16)6-7-15(2)13(19)14-8-9-4-5-10(21-9)12(17)18/h4-5H,3,6-8H2,1-2H3,(H,14,19)(H,17,18). The monoisotopic (exact) mass is 298 g/mol. The van der Waals surface area contributed by atoms with Gasteiger partial charge in [0.25, 0.3) is 0 Å². The Morgan fingerprint density at radius 1 is 1.38 bits per heavy atom. The van der Waals surface area contributed by atoms with Gasteiger partial charge in [0, 0.05) is 13.6 Å². The van der Waals surface area contributed by atoms with Crippen molar-refractivity contribution >= 4 is 18.0 Å². The second-order valence-electron chi connectivity index (χ2n) is 4.21. The van der Waals surface area contributed by atoms with Gasteiger partial charge in [-0.1, -0.05) is 0 Å². The van der Waals surface area contributed by atoms with Crippen LogP contribution in [0.5, 0.6) is 0 Å². The fourth-order valence-electron chi connectivity index (χ4n) is 1.48. The summed E-state index contributed by atoms with van der Waals surface area (Å²) in [5, 5.41) is 11.3. The van der Waals surface area contributed by atoms with Gasteiger partial charge in [0.2, 0.25) is 5.76 Å². The molecule has 0 aliphatic rings. The number of carboxylic acid groups (broad SMARTS) is 1. The third-order valence-corrected chi connectivity index (χ3v) is 2.59. The Morgan fingerprint density at radius 2 is 2.10 bits per heavy atom. The molecule has 0 saturated heterocycles. The highest BCUT2D eigenvalue weighted by molar-refractivity contribution is 5.84. The zero-order valence-electron chi connectivity index (χ0n) is 11.9. The average Bonchev–Trinajstić information content (AvgIpc) is 2.91. The lowest BCUT2D eigenvalue weighted by Gasteiger charge is -2.16. The number of hydrogen-bond donors (Lipinski definition) is 2. The molecule has 0 saturated carbocycles. The Hall–Kier alpha value is -2.51. The first-order valence-corrected chi connectivity index (χ1v) is 6.40. The number of hydrogen-bond acceptors (Lipinski definition) is 5. The zero-order chi connectivity index (χ0) is 15.8. The van der Waals surface area contributed by atoms with Crippen molar-refractivity contribution in [3.63, 3.8) is 0 Å². The third kappa shape index (κ3) is 5.55. The molecule has 0 unspecified atom stereocenters. The van der Waals surface area contributed by atoms with Gasteiger partial charge in [-0.25, -0.2) is 9.59 Å². The molecular formula is C13H18N2O6. The molecule has 0 spiro atoms. The molecule has 0 aromatic carbocycles. The zero-order valence-corrected chi connectivity index (χ0v) is 11.9. The Kier molecular flexibility index (Phi) is 6.25. The SMILES string of the molecule is CCOC(=O)CCN(C)C(=O)NCc1ccc(C(=O)O)o1. The fourth-order valence-corrected chi connectivity index (χ4v) is 1.48. The maximum absolute atomic E-state index is 11.7. The normalized spacial score (nSPS) is 10.0. The molecule has 0 fully saturated rings. The number of carboxylic acids is 1. The maximum atomic E-state index is 11.7. The summed E-state index contributed by atoms with van der Waals surface area (Å²) in [5.74, 6) is -1.39. The van der Waals surface area contributed by atoms with Gasteiger partial charge < -0.3 is 24.5 Å². The second kappa shape index (κ2) is 7.93. The van der Waals surface area contributed by atoms with E-state index in [-0.39, 0.29) is 31.2 Å². The van der Waals surface area contributed by atoms with Gasteiger partial charge in [0.15, 0.2) is 0 Å². The van der Waals surface area contributed by atoms with Gasteiger partial charge in [-0.05, 0) is 19.1 Å².